The predicted octanol–water partition coefficient (Wildman–Crippen LogP) is 5.98. The number of aromatic nitrogens is 2. The summed E-state index contributed by atoms with van der Waals surface area (Å²) in [4.78, 5) is 62.0. The number of H-pyrrole nitrogens is 1. The topological polar surface area (TPSA) is 206 Å². The summed E-state index contributed by atoms with van der Waals surface area (Å²) in [5, 5.41) is 35.4. The minimum Gasteiger partial charge on any atom is -0.475 e. The van der Waals surface area contributed by atoms with E-state index in [-0.39, 0.29) is 36.0 Å². The SMILES string of the molecule is CCN(CC)CCNC(=O)c1ccc(-c2ccc(C[C@H](NC(=O)[C@H]3CC[C@H](CNC(=O)O)CC3)C(=O)Nc3ccc4cn[nH]c4c3)cc2)c(C)c1.O=C(O)C(F)(F)F. The average molecular weight is 810 g/mol. The molecule has 1 aliphatic rings. The van der Waals surface area contributed by atoms with Gasteiger partial charge in [0.2, 0.25) is 11.8 Å². The number of hydrogen-bond acceptors (Lipinski definition) is 7. The molecule has 0 bridgehead atoms. The number of aliphatic carboxylic acids is 1. The third-order valence-electron chi connectivity index (χ3n) is 10.1. The van der Waals surface area contributed by atoms with Gasteiger partial charge in [0.05, 0.1) is 11.7 Å². The minimum absolute atomic E-state index is 0.0914. The number of benzene rings is 3. The number of fused-ring (bicyclic) bond motifs is 1. The zero-order valence-electron chi connectivity index (χ0n) is 32.6. The lowest BCUT2D eigenvalue weighted by molar-refractivity contribution is -0.192. The summed E-state index contributed by atoms with van der Waals surface area (Å²) in [6, 6.07) is 18.3. The summed E-state index contributed by atoms with van der Waals surface area (Å²) in [5.74, 6) is -3.40. The molecular weight excluding hydrogens is 759 g/mol. The molecule has 1 heterocycles. The second kappa shape index (κ2) is 21.0. The van der Waals surface area contributed by atoms with Gasteiger partial charge >= 0.3 is 18.2 Å². The molecule has 0 spiro atoms. The van der Waals surface area contributed by atoms with E-state index in [1.165, 1.54) is 0 Å². The second-order valence-corrected chi connectivity index (χ2v) is 14.1. The average Bonchev–Trinajstić information content (AvgIpc) is 3.67. The van der Waals surface area contributed by atoms with Crippen LogP contribution in [-0.4, -0.2) is 100 Å². The molecule has 3 aromatic carbocycles. The van der Waals surface area contributed by atoms with Crippen LogP contribution in [0.15, 0.2) is 66.9 Å². The van der Waals surface area contributed by atoms with Crippen molar-refractivity contribution >= 4 is 46.4 Å². The summed E-state index contributed by atoms with van der Waals surface area (Å²) in [5.41, 5.74) is 5.85. The van der Waals surface area contributed by atoms with Crippen LogP contribution in [0.1, 0.15) is 61.0 Å². The van der Waals surface area contributed by atoms with E-state index in [4.69, 9.17) is 15.0 Å². The lowest BCUT2D eigenvalue weighted by atomic mass is 9.81. The Morgan fingerprint density at radius 1 is 0.914 bits per heavy atom. The summed E-state index contributed by atoms with van der Waals surface area (Å²) in [6.45, 7) is 9.88. The Morgan fingerprint density at radius 2 is 1.59 bits per heavy atom. The Kier molecular flexibility index (Phi) is 16.2. The van der Waals surface area contributed by atoms with Gasteiger partial charge in [-0.05, 0) is 104 Å². The van der Waals surface area contributed by atoms with Crippen LogP contribution >= 0.6 is 0 Å². The molecule has 1 atom stereocenters. The first kappa shape index (κ1) is 44.7. The number of carboxylic acids is 1. The third-order valence-corrected chi connectivity index (χ3v) is 10.1. The standard InChI is InChI=1S/C39H49N7O5.C2HF3O2/c1-4-46(5-2)19-18-40-36(47)30-15-17-33(25(3)20-30)28-10-6-26(7-11-28)21-35(38(49)43-32-16-14-31-24-42-45-34(31)22-32)44-37(48)29-12-8-27(9-13-29)23-41-39(50)51;3-2(4,5)1(6)7/h6-7,10-11,14-17,20,22,24,27,29,35,41H,4-5,8-9,12-13,18-19,21,23H2,1-3H3,(H,40,47)(H,42,45)(H,43,49)(H,44,48)(H,50,51);(H,6,7)/t27-,29-,35-;/m0./s1. The van der Waals surface area contributed by atoms with E-state index in [1.807, 2.05) is 61.5 Å². The van der Waals surface area contributed by atoms with E-state index >= 15 is 0 Å². The van der Waals surface area contributed by atoms with E-state index in [9.17, 15) is 32.3 Å². The van der Waals surface area contributed by atoms with Crippen molar-refractivity contribution < 1.29 is 47.4 Å². The molecule has 312 valence electrons. The summed E-state index contributed by atoms with van der Waals surface area (Å²) < 4.78 is 31.7. The number of anilines is 1. The van der Waals surface area contributed by atoms with E-state index < -0.39 is 24.3 Å². The Labute approximate surface area is 334 Å². The number of hydrogen-bond donors (Lipinski definition) is 7. The molecule has 4 aromatic rings. The quantitative estimate of drug-likeness (QED) is 0.0753. The maximum absolute atomic E-state index is 13.7. The van der Waals surface area contributed by atoms with Crippen molar-refractivity contribution in [2.24, 2.45) is 11.8 Å². The Hall–Kier alpha value is -5.97. The molecule has 5 rings (SSSR count). The van der Waals surface area contributed by atoms with Crippen molar-refractivity contribution in [1.82, 2.24) is 31.0 Å². The van der Waals surface area contributed by atoms with Crippen molar-refractivity contribution in [1.29, 1.82) is 0 Å². The van der Waals surface area contributed by atoms with Crippen molar-refractivity contribution in [3.8, 4) is 11.1 Å². The van der Waals surface area contributed by atoms with Gasteiger partial charge in [-0.15, -0.1) is 0 Å². The highest BCUT2D eigenvalue weighted by molar-refractivity contribution is 5.99. The molecule has 1 fully saturated rings. The predicted molar refractivity (Wildman–Crippen MR) is 212 cm³/mol. The van der Waals surface area contributed by atoms with Gasteiger partial charge in [-0.3, -0.25) is 19.5 Å². The fourth-order valence-corrected chi connectivity index (χ4v) is 6.76. The van der Waals surface area contributed by atoms with Crippen molar-refractivity contribution in [3.05, 3.63) is 83.6 Å². The molecule has 0 unspecified atom stereocenters. The van der Waals surface area contributed by atoms with Crippen LogP contribution in [0, 0.1) is 18.8 Å². The number of nitrogens with one attached hydrogen (secondary N) is 5. The van der Waals surface area contributed by atoms with Crippen LogP contribution in [0.25, 0.3) is 22.0 Å². The number of likely N-dealkylation sites (N-methyl/N-ethyl adjacent to an activating group) is 1. The van der Waals surface area contributed by atoms with Gasteiger partial charge < -0.3 is 36.4 Å². The number of carbonyl (C=O) groups excluding carboxylic acids is 3. The van der Waals surface area contributed by atoms with Crippen LogP contribution in [0.4, 0.5) is 23.7 Å². The van der Waals surface area contributed by atoms with Crippen LogP contribution in [0.5, 0.6) is 0 Å². The van der Waals surface area contributed by atoms with Crippen molar-refractivity contribution in [2.75, 3.05) is 38.0 Å². The number of rotatable bonds is 15. The zero-order chi connectivity index (χ0) is 42.4. The van der Waals surface area contributed by atoms with Crippen molar-refractivity contribution in [2.45, 2.75) is 65.1 Å². The Balaban J connectivity index is 0.000000973. The largest absolute Gasteiger partial charge is 0.490 e. The smallest absolute Gasteiger partial charge is 0.475 e. The van der Waals surface area contributed by atoms with Gasteiger partial charge in [-0.2, -0.15) is 18.3 Å². The first-order valence-electron chi connectivity index (χ1n) is 19.1. The number of nitrogens with zero attached hydrogens (tertiary/aromatic N) is 2. The Bertz CT molecular complexity index is 2030. The van der Waals surface area contributed by atoms with Gasteiger partial charge in [0.15, 0.2) is 0 Å². The van der Waals surface area contributed by atoms with Crippen LogP contribution in [0.3, 0.4) is 0 Å². The molecule has 17 heteroatoms. The molecule has 4 amide bonds. The molecule has 14 nitrogen and oxygen atoms in total. The number of halogens is 3. The maximum Gasteiger partial charge on any atom is 0.490 e. The van der Waals surface area contributed by atoms with Gasteiger partial charge in [-0.25, -0.2) is 9.59 Å². The normalized spacial score (nSPS) is 15.8. The van der Waals surface area contributed by atoms with E-state index in [1.54, 1.807) is 12.3 Å². The molecule has 1 aromatic heterocycles. The highest BCUT2D eigenvalue weighted by Gasteiger charge is 2.38. The monoisotopic (exact) mass is 809 g/mol. The van der Waals surface area contributed by atoms with E-state index in [2.05, 4.69) is 50.2 Å². The minimum atomic E-state index is -5.08. The third kappa shape index (κ3) is 13.3. The number of amides is 4. The highest BCUT2D eigenvalue weighted by Crippen LogP contribution is 2.29. The van der Waals surface area contributed by atoms with Crippen LogP contribution in [0.2, 0.25) is 0 Å². The number of carbonyl (C=O) groups is 5. The first-order valence-corrected chi connectivity index (χ1v) is 19.1. The lowest BCUT2D eigenvalue weighted by Crippen LogP contribution is -2.48. The van der Waals surface area contributed by atoms with Crippen LogP contribution in [-0.2, 0) is 20.8 Å². The number of aromatic amines is 1. The summed E-state index contributed by atoms with van der Waals surface area (Å²) in [7, 11) is 0. The maximum atomic E-state index is 13.7. The number of carboxylic acid groups (broad SMARTS) is 2. The summed E-state index contributed by atoms with van der Waals surface area (Å²) in [6.07, 6.45) is -1.39. The Morgan fingerprint density at radius 3 is 2.19 bits per heavy atom. The van der Waals surface area contributed by atoms with Crippen LogP contribution < -0.4 is 21.3 Å². The molecule has 1 aliphatic carbocycles. The molecule has 0 aliphatic heterocycles. The van der Waals surface area contributed by atoms with Gasteiger partial charge in [0.25, 0.3) is 5.91 Å². The first-order chi connectivity index (χ1) is 27.6. The van der Waals surface area contributed by atoms with E-state index in [0.717, 1.165) is 65.6 Å². The number of aryl methyl sites for hydroxylation is 1. The van der Waals surface area contributed by atoms with Gasteiger partial charge in [-0.1, -0.05) is 44.2 Å². The molecule has 7 N–H and O–H groups in total. The van der Waals surface area contributed by atoms with Crippen molar-refractivity contribution in [3.63, 3.8) is 0 Å². The highest BCUT2D eigenvalue weighted by atomic mass is 19.4. The van der Waals surface area contributed by atoms with E-state index in [0.29, 0.717) is 37.2 Å². The molecule has 0 radical (unpaired) electrons. The zero-order valence-corrected chi connectivity index (χ0v) is 32.6. The summed E-state index contributed by atoms with van der Waals surface area (Å²) >= 11 is 0. The lowest BCUT2D eigenvalue weighted by Gasteiger charge is -2.29. The van der Waals surface area contributed by atoms with Gasteiger partial charge in [0, 0.05) is 48.6 Å². The fraction of sp³-hybridized carbons (Fsp3) is 0.415. The molecule has 0 saturated heterocycles. The molecular formula is C41H50F3N7O7. The molecule has 1 saturated carbocycles. The number of alkyl halides is 3. The fourth-order valence-electron chi connectivity index (χ4n) is 6.76. The second-order valence-electron chi connectivity index (χ2n) is 14.1. The molecule has 58 heavy (non-hydrogen) atoms. The van der Waals surface area contributed by atoms with Gasteiger partial charge in [0.1, 0.15) is 6.04 Å².